The number of hydrogen-bond acceptors (Lipinski definition) is 6. The van der Waals surface area contributed by atoms with Crippen molar-refractivity contribution in [3.05, 3.63) is 77.9 Å². The van der Waals surface area contributed by atoms with E-state index >= 15 is 0 Å². The lowest BCUT2D eigenvalue weighted by molar-refractivity contribution is 0.0548. The monoisotopic (exact) mass is 489 g/mol. The van der Waals surface area contributed by atoms with Gasteiger partial charge < -0.3 is 19.1 Å². The number of ether oxygens (including phenoxy) is 3. The summed E-state index contributed by atoms with van der Waals surface area (Å²) in [5.41, 5.74) is 5.45. The fourth-order valence-electron chi connectivity index (χ4n) is 4.28. The van der Waals surface area contributed by atoms with Crippen molar-refractivity contribution >= 4 is 17.6 Å². The Bertz CT molecular complexity index is 1240. The maximum Gasteiger partial charge on any atom is 0.324 e. The minimum Gasteiger partial charge on any atom is -0.486 e. The van der Waals surface area contributed by atoms with Crippen molar-refractivity contribution in [2.24, 2.45) is 0 Å². The third kappa shape index (κ3) is 5.12. The Morgan fingerprint density at radius 1 is 0.861 bits per heavy atom. The molecule has 2 N–H and O–H groups in total. The van der Waals surface area contributed by atoms with Crippen molar-refractivity contribution in [3.63, 3.8) is 0 Å². The Labute approximate surface area is 208 Å². The fourth-order valence-corrected chi connectivity index (χ4v) is 4.28. The molecule has 186 valence electrons. The van der Waals surface area contributed by atoms with Gasteiger partial charge in [0.1, 0.15) is 13.2 Å². The lowest BCUT2D eigenvalue weighted by Crippen LogP contribution is -2.48. The number of anilines is 1. The molecule has 3 aromatic rings. The van der Waals surface area contributed by atoms with Crippen molar-refractivity contribution < 1.29 is 29.0 Å². The van der Waals surface area contributed by atoms with E-state index in [1.165, 1.54) is 0 Å². The molecule has 3 aromatic carbocycles. The van der Waals surface area contributed by atoms with Gasteiger partial charge in [-0.15, -0.1) is 0 Å². The molecule has 0 spiro atoms. The quantitative estimate of drug-likeness (QED) is 0.419. The van der Waals surface area contributed by atoms with Crippen LogP contribution in [-0.4, -0.2) is 61.6 Å². The zero-order valence-electron chi connectivity index (χ0n) is 19.7. The molecule has 0 saturated carbocycles. The molecule has 0 atom stereocenters. The Morgan fingerprint density at radius 3 is 2.33 bits per heavy atom. The first-order chi connectivity index (χ1) is 17.6. The molecule has 0 radical (unpaired) electrons. The van der Waals surface area contributed by atoms with Gasteiger partial charge in [0.15, 0.2) is 11.5 Å². The number of carbonyl (C=O) groups is 2. The van der Waals surface area contributed by atoms with E-state index in [4.69, 9.17) is 19.4 Å². The van der Waals surface area contributed by atoms with Gasteiger partial charge in [0.25, 0.3) is 5.91 Å². The predicted molar refractivity (Wildman–Crippen MR) is 133 cm³/mol. The molecule has 0 aromatic heterocycles. The van der Waals surface area contributed by atoms with Crippen molar-refractivity contribution in [1.82, 2.24) is 10.4 Å². The molecule has 1 saturated heterocycles. The predicted octanol–water partition coefficient (Wildman–Crippen LogP) is 3.70. The molecule has 3 amide bonds. The maximum absolute atomic E-state index is 13.6. The summed E-state index contributed by atoms with van der Waals surface area (Å²) in [6.45, 7) is 3.40. The number of carbonyl (C=O) groups excluding carboxylic acids is 2. The fraction of sp³-hybridized carbons (Fsp3) is 0.259. The molecule has 36 heavy (non-hydrogen) atoms. The van der Waals surface area contributed by atoms with Gasteiger partial charge in [0, 0.05) is 24.3 Å². The van der Waals surface area contributed by atoms with Crippen LogP contribution in [0.4, 0.5) is 10.5 Å². The second-order valence-corrected chi connectivity index (χ2v) is 8.51. The average Bonchev–Trinajstić information content (AvgIpc) is 2.95. The average molecular weight is 490 g/mol. The van der Waals surface area contributed by atoms with Crippen LogP contribution in [0.25, 0.3) is 11.1 Å². The molecular weight excluding hydrogens is 462 g/mol. The number of nitrogens with zero attached hydrogens (tertiary/aromatic N) is 2. The second-order valence-electron chi connectivity index (χ2n) is 8.51. The van der Waals surface area contributed by atoms with Gasteiger partial charge in [-0.2, -0.15) is 0 Å². The van der Waals surface area contributed by atoms with Crippen LogP contribution in [0, 0.1) is 0 Å². The molecular formula is C27H27N3O6. The number of amides is 3. The van der Waals surface area contributed by atoms with Crippen LogP contribution in [0.5, 0.6) is 11.5 Å². The van der Waals surface area contributed by atoms with Gasteiger partial charge >= 0.3 is 6.03 Å². The number of benzene rings is 3. The number of morpholine rings is 1. The number of nitrogens with one attached hydrogen (secondary N) is 1. The van der Waals surface area contributed by atoms with Gasteiger partial charge in [-0.25, -0.2) is 10.3 Å². The van der Waals surface area contributed by atoms with E-state index in [2.05, 4.69) is 0 Å². The standard InChI is InChI=1S/C27H27N3O6/c31-26(28-33)20-6-4-19(5-7-20)18-30(27(32)29-10-12-34-13-11-29)23-3-1-2-21(16-23)22-8-9-24-25(17-22)36-15-14-35-24/h1-9,16-17,33H,10-15,18H2,(H,28,31). The minimum absolute atomic E-state index is 0.116. The molecule has 2 aliphatic rings. The van der Waals surface area contributed by atoms with E-state index in [0.29, 0.717) is 57.4 Å². The summed E-state index contributed by atoms with van der Waals surface area (Å²) in [4.78, 5) is 28.8. The van der Waals surface area contributed by atoms with Gasteiger partial charge in [0.05, 0.1) is 19.8 Å². The molecule has 1 fully saturated rings. The zero-order valence-corrected chi connectivity index (χ0v) is 19.7. The van der Waals surface area contributed by atoms with E-state index in [-0.39, 0.29) is 6.03 Å². The highest BCUT2D eigenvalue weighted by Gasteiger charge is 2.25. The highest BCUT2D eigenvalue weighted by Crippen LogP contribution is 2.35. The molecule has 9 nitrogen and oxygen atoms in total. The van der Waals surface area contributed by atoms with E-state index in [9.17, 15) is 9.59 Å². The molecule has 0 unspecified atom stereocenters. The molecule has 9 heteroatoms. The summed E-state index contributed by atoms with van der Waals surface area (Å²) < 4.78 is 16.8. The molecule has 2 heterocycles. The highest BCUT2D eigenvalue weighted by molar-refractivity contribution is 5.94. The molecule has 2 aliphatic heterocycles. The third-order valence-corrected chi connectivity index (χ3v) is 6.20. The van der Waals surface area contributed by atoms with Crippen LogP contribution in [0.1, 0.15) is 15.9 Å². The first-order valence-corrected chi connectivity index (χ1v) is 11.8. The van der Waals surface area contributed by atoms with Crippen LogP contribution >= 0.6 is 0 Å². The number of urea groups is 1. The number of hydrogen-bond donors (Lipinski definition) is 2. The van der Waals surface area contributed by atoms with Crippen molar-refractivity contribution in [2.45, 2.75) is 6.54 Å². The SMILES string of the molecule is O=C(NO)c1ccc(CN(C(=O)N2CCOCC2)c2cccc(-c3ccc4c(c3)OCCO4)c2)cc1. The van der Waals surface area contributed by atoms with Crippen molar-refractivity contribution in [3.8, 4) is 22.6 Å². The number of hydroxylamine groups is 1. The Hall–Kier alpha value is -4.08. The second kappa shape index (κ2) is 10.7. The summed E-state index contributed by atoms with van der Waals surface area (Å²) in [6, 6.07) is 20.3. The lowest BCUT2D eigenvalue weighted by Gasteiger charge is -2.33. The summed E-state index contributed by atoms with van der Waals surface area (Å²) in [5, 5.41) is 8.87. The topological polar surface area (TPSA) is 101 Å². The Balaban J connectivity index is 1.46. The van der Waals surface area contributed by atoms with Gasteiger partial charge in [-0.3, -0.25) is 14.9 Å². The van der Waals surface area contributed by atoms with E-state index in [1.54, 1.807) is 39.5 Å². The number of rotatable bonds is 5. The van der Waals surface area contributed by atoms with Crippen molar-refractivity contribution in [2.75, 3.05) is 44.4 Å². The Morgan fingerprint density at radius 2 is 1.58 bits per heavy atom. The van der Waals surface area contributed by atoms with Crippen molar-refractivity contribution in [1.29, 1.82) is 0 Å². The highest BCUT2D eigenvalue weighted by atomic mass is 16.6. The van der Waals surface area contributed by atoms with Gasteiger partial charge in [-0.1, -0.05) is 30.3 Å². The molecule has 0 aliphatic carbocycles. The van der Waals surface area contributed by atoms with Crippen LogP contribution in [0.15, 0.2) is 66.7 Å². The summed E-state index contributed by atoms with van der Waals surface area (Å²) >= 11 is 0. The van der Waals surface area contributed by atoms with E-state index in [1.807, 2.05) is 42.5 Å². The normalized spacial score (nSPS) is 14.8. The summed E-state index contributed by atoms with van der Waals surface area (Å²) in [6.07, 6.45) is 0. The van der Waals surface area contributed by atoms with E-state index < -0.39 is 5.91 Å². The first kappa shape index (κ1) is 23.7. The number of fused-ring (bicyclic) bond motifs is 1. The summed E-state index contributed by atoms with van der Waals surface area (Å²) in [7, 11) is 0. The minimum atomic E-state index is -0.588. The zero-order chi connectivity index (χ0) is 24.9. The van der Waals surface area contributed by atoms with E-state index in [0.717, 1.165) is 28.1 Å². The maximum atomic E-state index is 13.6. The third-order valence-electron chi connectivity index (χ3n) is 6.20. The van der Waals surface area contributed by atoms with Crippen LogP contribution < -0.4 is 19.9 Å². The Kier molecular flexibility index (Phi) is 7.01. The largest absolute Gasteiger partial charge is 0.486 e. The smallest absolute Gasteiger partial charge is 0.324 e. The summed E-state index contributed by atoms with van der Waals surface area (Å²) in [5.74, 6) is 0.843. The molecule has 0 bridgehead atoms. The van der Waals surface area contributed by atoms with Crippen LogP contribution in [0.2, 0.25) is 0 Å². The molecule has 5 rings (SSSR count). The van der Waals surface area contributed by atoms with Gasteiger partial charge in [0.2, 0.25) is 0 Å². The lowest BCUT2D eigenvalue weighted by atomic mass is 10.0. The van der Waals surface area contributed by atoms with Gasteiger partial charge in [-0.05, 0) is 53.1 Å². The first-order valence-electron chi connectivity index (χ1n) is 11.8. The van der Waals surface area contributed by atoms with Crippen LogP contribution in [0.3, 0.4) is 0 Å². The van der Waals surface area contributed by atoms with Crippen LogP contribution in [-0.2, 0) is 11.3 Å².